The Kier molecular flexibility index (Phi) is 7.44. The highest BCUT2D eigenvalue weighted by Gasteiger charge is 2.18. The number of rotatable bonds is 8. The average molecular weight is 470 g/mol. The van der Waals surface area contributed by atoms with E-state index in [0.717, 1.165) is 34.1 Å². The van der Waals surface area contributed by atoms with Crippen LogP contribution in [0.4, 0.5) is 11.4 Å². The lowest BCUT2D eigenvalue weighted by Gasteiger charge is -2.07. The number of aryl methyl sites for hydroxylation is 2. The Bertz CT molecular complexity index is 1170. The van der Waals surface area contributed by atoms with Crippen LogP contribution in [0.3, 0.4) is 0 Å². The van der Waals surface area contributed by atoms with E-state index < -0.39 is 10.8 Å². The molecule has 3 rings (SSSR count). The fraction of sp³-hybridized carbons (Fsp3) is 0.143. The van der Waals surface area contributed by atoms with Gasteiger partial charge in [-0.05, 0) is 68.1 Å². The van der Waals surface area contributed by atoms with Gasteiger partial charge in [-0.1, -0.05) is 0 Å². The Morgan fingerprint density at radius 2 is 1.72 bits per heavy atom. The summed E-state index contributed by atoms with van der Waals surface area (Å²) in [6.07, 6.45) is 0. The summed E-state index contributed by atoms with van der Waals surface area (Å²) in [5.41, 5.74) is 7.32. The van der Waals surface area contributed by atoms with Crippen LogP contribution in [-0.2, 0) is 4.79 Å². The summed E-state index contributed by atoms with van der Waals surface area (Å²) in [6, 6.07) is 13.0. The molecule has 1 aromatic heterocycles. The first-order chi connectivity index (χ1) is 15.2. The lowest BCUT2D eigenvalue weighted by atomic mass is 10.2. The number of nitrogens with zero attached hydrogens (tertiary/aromatic N) is 3. The van der Waals surface area contributed by atoms with Gasteiger partial charge in [0, 0.05) is 33.6 Å². The fourth-order valence-corrected chi connectivity index (χ4v) is 4.39. The van der Waals surface area contributed by atoms with Gasteiger partial charge in [-0.2, -0.15) is 0 Å². The highest BCUT2D eigenvalue weighted by Crippen LogP contribution is 2.30. The molecule has 0 saturated carbocycles. The summed E-state index contributed by atoms with van der Waals surface area (Å²) >= 11 is 2.43. The van der Waals surface area contributed by atoms with Gasteiger partial charge < -0.3 is 11.1 Å². The topological polar surface area (TPSA) is 141 Å². The summed E-state index contributed by atoms with van der Waals surface area (Å²) in [6.45, 7) is 3.83. The van der Waals surface area contributed by atoms with Crippen LogP contribution in [0, 0.1) is 24.0 Å². The van der Waals surface area contributed by atoms with Crippen molar-refractivity contribution in [3.8, 4) is 0 Å². The van der Waals surface area contributed by atoms with E-state index in [9.17, 15) is 19.7 Å². The first-order valence-corrected chi connectivity index (χ1v) is 11.1. The number of hydrogen-bond donors (Lipinski definition) is 2. The van der Waals surface area contributed by atoms with Gasteiger partial charge in [0.15, 0.2) is 5.16 Å². The number of amides is 2. The molecule has 32 heavy (non-hydrogen) atoms. The van der Waals surface area contributed by atoms with E-state index in [4.69, 9.17) is 5.73 Å². The minimum atomic E-state index is -0.756. The minimum Gasteiger partial charge on any atom is -0.366 e. The standard InChI is InChI=1S/C21H19N5O4S2/c1-12-9-13(2)24-21(23-12)32-16-6-4-15(5-7-16)25-19(27)11-31-18-8-3-14(20(22)28)10-17(18)26(29)30/h3-10H,11H2,1-2H3,(H2,22,28)(H,25,27). The number of primary amides is 1. The fourth-order valence-electron chi connectivity index (χ4n) is 2.73. The van der Waals surface area contributed by atoms with Crippen molar-refractivity contribution in [1.29, 1.82) is 0 Å². The van der Waals surface area contributed by atoms with Crippen molar-refractivity contribution in [2.75, 3.05) is 11.1 Å². The van der Waals surface area contributed by atoms with E-state index in [2.05, 4.69) is 15.3 Å². The van der Waals surface area contributed by atoms with Crippen molar-refractivity contribution < 1.29 is 14.5 Å². The Hall–Kier alpha value is -3.44. The molecule has 0 atom stereocenters. The molecule has 3 N–H and O–H groups in total. The van der Waals surface area contributed by atoms with E-state index in [-0.39, 0.29) is 27.8 Å². The van der Waals surface area contributed by atoms with Crippen LogP contribution in [0.2, 0.25) is 0 Å². The number of hydrogen-bond acceptors (Lipinski definition) is 8. The number of carbonyl (C=O) groups is 2. The quantitative estimate of drug-likeness (QED) is 0.218. The monoisotopic (exact) mass is 469 g/mol. The second-order valence-electron chi connectivity index (χ2n) is 6.70. The zero-order valence-corrected chi connectivity index (χ0v) is 18.8. The van der Waals surface area contributed by atoms with Crippen molar-refractivity contribution in [1.82, 2.24) is 9.97 Å². The summed E-state index contributed by atoms with van der Waals surface area (Å²) in [5.74, 6) is -1.11. The van der Waals surface area contributed by atoms with Gasteiger partial charge in [-0.15, -0.1) is 11.8 Å². The Balaban J connectivity index is 1.59. The van der Waals surface area contributed by atoms with E-state index in [1.807, 2.05) is 32.0 Å². The van der Waals surface area contributed by atoms with Crippen LogP contribution in [-0.4, -0.2) is 32.5 Å². The van der Waals surface area contributed by atoms with Crippen LogP contribution in [0.15, 0.2) is 63.5 Å². The third-order valence-corrected chi connectivity index (χ3v) is 6.04. The van der Waals surface area contributed by atoms with Crippen molar-refractivity contribution in [2.24, 2.45) is 5.73 Å². The van der Waals surface area contributed by atoms with Crippen LogP contribution in [0.25, 0.3) is 0 Å². The predicted molar refractivity (Wildman–Crippen MR) is 123 cm³/mol. The van der Waals surface area contributed by atoms with Gasteiger partial charge >= 0.3 is 0 Å². The number of nitrogens with two attached hydrogens (primary N) is 1. The molecule has 0 unspecified atom stereocenters. The molecule has 164 valence electrons. The molecule has 0 bridgehead atoms. The number of anilines is 1. The Morgan fingerprint density at radius 1 is 1.06 bits per heavy atom. The van der Waals surface area contributed by atoms with Crippen molar-refractivity contribution >= 4 is 46.7 Å². The van der Waals surface area contributed by atoms with Gasteiger partial charge in [0.2, 0.25) is 11.8 Å². The van der Waals surface area contributed by atoms with Gasteiger partial charge in [0.1, 0.15) is 0 Å². The molecule has 0 spiro atoms. The maximum absolute atomic E-state index is 12.3. The molecule has 2 amide bonds. The van der Waals surface area contributed by atoms with Gasteiger partial charge in [0.05, 0.1) is 15.6 Å². The highest BCUT2D eigenvalue weighted by atomic mass is 32.2. The Morgan fingerprint density at radius 3 is 2.31 bits per heavy atom. The van der Waals surface area contributed by atoms with E-state index in [0.29, 0.717) is 10.8 Å². The second kappa shape index (κ2) is 10.2. The number of nitrogens with one attached hydrogen (secondary N) is 1. The maximum atomic E-state index is 12.3. The van der Waals surface area contributed by atoms with Crippen molar-refractivity contribution in [2.45, 2.75) is 28.8 Å². The van der Waals surface area contributed by atoms with Crippen LogP contribution < -0.4 is 11.1 Å². The minimum absolute atomic E-state index is 0.0367. The molecule has 0 fully saturated rings. The molecular weight excluding hydrogens is 450 g/mol. The van der Waals surface area contributed by atoms with Gasteiger partial charge in [-0.3, -0.25) is 19.7 Å². The molecule has 0 aliphatic heterocycles. The molecule has 0 radical (unpaired) electrons. The lowest BCUT2D eigenvalue weighted by Crippen LogP contribution is -2.14. The van der Waals surface area contributed by atoms with Crippen molar-refractivity contribution in [3.05, 3.63) is 75.6 Å². The number of benzene rings is 2. The molecule has 9 nitrogen and oxygen atoms in total. The smallest absolute Gasteiger partial charge is 0.283 e. The normalized spacial score (nSPS) is 10.6. The zero-order chi connectivity index (χ0) is 23.3. The Labute approximate surface area is 192 Å². The molecule has 3 aromatic rings. The van der Waals surface area contributed by atoms with E-state index in [1.165, 1.54) is 23.9 Å². The molecule has 0 saturated heterocycles. The number of nitro groups is 1. The summed E-state index contributed by atoms with van der Waals surface area (Å²) < 4.78 is 0. The third kappa shape index (κ3) is 6.28. The highest BCUT2D eigenvalue weighted by molar-refractivity contribution is 8.00. The summed E-state index contributed by atoms with van der Waals surface area (Å²) in [7, 11) is 0. The molecule has 0 aliphatic carbocycles. The summed E-state index contributed by atoms with van der Waals surface area (Å²) in [4.78, 5) is 44.2. The largest absolute Gasteiger partial charge is 0.366 e. The van der Waals surface area contributed by atoms with E-state index in [1.54, 1.807) is 12.1 Å². The molecular formula is C21H19N5O4S2. The molecule has 0 aliphatic rings. The predicted octanol–water partition coefficient (Wildman–Crippen LogP) is 3.98. The number of carbonyl (C=O) groups excluding carboxylic acids is 2. The molecule has 11 heteroatoms. The van der Waals surface area contributed by atoms with Crippen molar-refractivity contribution in [3.63, 3.8) is 0 Å². The molecule has 1 heterocycles. The van der Waals surface area contributed by atoms with E-state index >= 15 is 0 Å². The number of thioether (sulfide) groups is 1. The van der Waals surface area contributed by atoms with Crippen LogP contribution in [0.5, 0.6) is 0 Å². The van der Waals surface area contributed by atoms with Crippen LogP contribution >= 0.6 is 23.5 Å². The molecule has 2 aromatic carbocycles. The summed E-state index contributed by atoms with van der Waals surface area (Å²) in [5, 5.41) is 14.7. The SMILES string of the molecule is Cc1cc(C)nc(Sc2ccc(NC(=O)CSc3ccc(C(N)=O)cc3[N+](=O)[O-])cc2)n1. The zero-order valence-electron chi connectivity index (χ0n) is 17.2. The first-order valence-electron chi connectivity index (χ1n) is 9.32. The van der Waals surface area contributed by atoms with Gasteiger partial charge in [0.25, 0.3) is 5.69 Å². The van der Waals surface area contributed by atoms with Crippen LogP contribution in [0.1, 0.15) is 21.7 Å². The number of aromatic nitrogens is 2. The third-order valence-electron chi connectivity index (χ3n) is 4.11. The van der Waals surface area contributed by atoms with Gasteiger partial charge in [-0.25, -0.2) is 9.97 Å². The lowest BCUT2D eigenvalue weighted by molar-refractivity contribution is -0.387. The maximum Gasteiger partial charge on any atom is 0.283 e. The average Bonchev–Trinajstić information content (AvgIpc) is 2.72. The second-order valence-corrected chi connectivity index (χ2v) is 8.76. The first kappa shape index (κ1) is 23.2. The number of nitro benzene ring substituents is 1.